The van der Waals surface area contributed by atoms with Crippen molar-refractivity contribution < 1.29 is 9.53 Å². The van der Waals surface area contributed by atoms with Crippen LogP contribution in [0.4, 0.5) is 5.69 Å². The first-order chi connectivity index (χ1) is 13.5. The zero-order chi connectivity index (χ0) is 20.1. The van der Waals surface area contributed by atoms with E-state index in [4.69, 9.17) is 4.74 Å². The molecule has 2 aromatic heterocycles. The number of aromatic nitrogens is 3. The van der Waals surface area contributed by atoms with Crippen molar-refractivity contribution in [2.45, 2.75) is 33.7 Å². The summed E-state index contributed by atoms with van der Waals surface area (Å²) in [5.41, 5.74) is 5.84. The number of nitrogens with zero attached hydrogens (tertiary/aromatic N) is 3. The molecule has 0 fully saturated rings. The van der Waals surface area contributed by atoms with Gasteiger partial charge in [-0.05, 0) is 43.0 Å². The van der Waals surface area contributed by atoms with E-state index in [-0.39, 0.29) is 5.91 Å². The third-order valence-electron chi connectivity index (χ3n) is 4.74. The van der Waals surface area contributed by atoms with Crippen LogP contribution in [0.25, 0.3) is 5.65 Å². The van der Waals surface area contributed by atoms with Crippen LogP contribution >= 0.6 is 0 Å². The second-order valence-corrected chi connectivity index (χ2v) is 6.74. The van der Waals surface area contributed by atoms with Crippen LogP contribution in [0.15, 0.2) is 30.5 Å². The van der Waals surface area contributed by atoms with Gasteiger partial charge in [-0.15, -0.1) is 0 Å². The molecule has 148 valence electrons. The number of rotatable bonds is 8. The van der Waals surface area contributed by atoms with Gasteiger partial charge in [0.05, 0.1) is 17.9 Å². The normalized spacial score (nSPS) is 11.0. The third kappa shape index (κ3) is 4.31. The average Bonchev–Trinajstić information content (AvgIpc) is 3.06. The van der Waals surface area contributed by atoms with Crippen LogP contribution in [-0.2, 0) is 17.7 Å². The summed E-state index contributed by atoms with van der Waals surface area (Å²) in [7, 11) is 1.61. The first-order valence-corrected chi connectivity index (χ1v) is 9.49. The van der Waals surface area contributed by atoms with Crippen molar-refractivity contribution >= 4 is 17.2 Å². The van der Waals surface area contributed by atoms with Crippen LogP contribution in [-0.4, -0.2) is 40.8 Å². The number of nitrogens with one attached hydrogen (secondary N) is 2. The number of methoxy groups -OCH3 is 1. The molecular weight excluding hydrogens is 354 g/mol. The van der Waals surface area contributed by atoms with Crippen LogP contribution in [0, 0.1) is 13.8 Å². The van der Waals surface area contributed by atoms with Gasteiger partial charge in [0.2, 0.25) is 0 Å². The van der Waals surface area contributed by atoms with Crippen molar-refractivity contribution in [3.63, 3.8) is 0 Å². The fourth-order valence-electron chi connectivity index (χ4n) is 3.25. The second-order valence-electron chi connectivity index (χ2n) is 6.74. The molecule has 2 N–H and O–H groups in total. The second kappa shape index (κ2) is 8.84. The van der Waals surface area contributed by atoms with E-state index in [0.717, 1.165) is 12.1 Å². The Morgan fingerprint density at radius 2 is 2.11 bits per heavy atom. The van der Waals surface area contributed by atoms with Crippen molar-refractivity contribution in [2.24, 2.45) is 0 Å². The molecule has 3 aromatic rings. The summed E-state index contributed by atoms with van der Waals surface area (Å²) in [5, 5.41) is 10.7. The lowest BCUT2D eigenvalue weighted by atomic mass is 10.00. The van der Waals surface area contributed by atoms with E-state index in [2.05, 4.69) is 52.8 Å². The molecule has 3 rings (SSSR count). The molecule has 7 heteroatoms. The van der Waals surface area contributed by atoms with E-state index in [1.54, 1.807) is 17.8 Å². The Balaban J connectivity index is 1.90. The Morgan fingerprint density at radius 3 is 2.86 bits per heavy atom. The highest BCUT2D eigenvalue weighted by molar-refractivity contribution is 5.95. The van der Waals surface area contributed by atoms with Crippen LogP contribution in [0.3, 0.4) is 0 Å². The van der Waals surface area contributed by atoms with Crippen LogP contribution < -0.4 is 10.6 Å². The van der Waals surface area contributed by atoms with E-state index in [9.17, 15) is 4.79 Å². The first-order valence-electron chi connectivity index (χ1n) is 9.49. The van der Waals surface area contributed by atoms with Crippen molar-refractivity contribution in [2.75, 3.05) is 25.6 Å². The summed E-state index contributed by atoms with van der Waals surface area (Å²) in [4.78, 5) is 17.0. The van der Waals surface area contributed by atoms with E-state index >= 15 is 0 Å². The van der Waals surface area contributed by atoms with Gasteiger partial charge in [-0.2, -0.15) is 5.10 Å². The Hall–Kier alpha value is -2.93. The highest BCUT2D eigenvalue weighted by Crippen LogP contribution is 2.21. The summed E-state index contributed by atoms with van der Waals surface area (Å²) in [6.07, 6.45) is 2.67. The number of anilines is 1. The van der Waals surface area contributed by atoms with Gasteiger partial charge >= 0.3 is 0 Å². The number of fused-ring (bicyclic) bond motifs is 1. The molecule has 2 heterocycles. The molecule has 0 radical (unpaired) electrons. The van der Waals surface area contributed by atoms with E-state index in [1.807, 2.05) is 13.0 Å². The van der Waals surface area contributed by atoms with Crippen molar-refractivity contribution in [3.05, 3.63) is 58.5 Å². The highest BCUT2D eigenvalue weighted by atomic mass is 16.5. The lowest BCUT2D eigenvalue weighted by Gasteiger charge is -2.14. The molecular formula is C21H27N5O2. The molecule has 1 amide bonds. The quantitative estimate of drug-likeness (QED) is 0.587. The van der Waals surface area contributed by atoms with Gasteiger partial charge in [-0.25, -0.2) is 9.50 Å². The van der Waals surface area contributed by atoms with E-state index < -0.39 is 0 Å². The predicted molar refractivity (Wildman–Crippen MR) is 110 cm³/mol. The van der Waals surface area contributed by atoms with Crippen LogP contribution in [0.2, 0.25) is 0 Å². The molecule has 0 saturated carbocycles. The van der Waals surface area contributed by atoms with Gasteiger partial charge in [0, 0.05) is 26.4 Å². The summed E-state index contributed by atoms with van der Waals surface area (Å²) >= 11 is 0. The number of carbonyl (C=O) groups is 1. The number of benzene rings is 1. The number of hydrogen-bond donors (Lipinski definition) is 2. The summed E-state index contributed by atoms with van der Waals surface area (Å²) in [5.74, 6) is 0.491. The number of ether oxygens (including phenoxy) is 1. The minimum atomic E-state index is -0.166. The fraction of sp³-hybridized carbons (Fsp3) is 0.381. The number of carbonyl (C=O) groups excluding carboxylic acids is 1. The van der Waals surface area contributed by atoms with Gasteiger partial charge < -0.3 is 15.4 Å². The number of amides is 1. The minimum absolute atomic E-state index is 0.166. The van der Waals surface area contributed by atoms with Gasteiger partial charge in [-0.3, -0.25) is 4.79 Å². The zero-order valence-electron chi connectivity index (χ0n) is 16.9. The Morgan fingerprint density at radius 1 is 1.29 bits per heavy atom. The third-order valence-corrected chi connectivity index (χ3v) is 4.74. The molecule has 7 nitrogen and oxygen atoms in total. The molecule has 28 heavy (non-hydrogen) atoms. The van der Waals surface area contributed by atoms with Crippen LogP contribution in [0.5, 0.6) is 0 Å². The van der Waals surface area contributed by atoms with E-state index in [0.29, 0.717) is 36.7 Å². The Labute approximate surface area is 165 Å². The molecule has 0 bridgehead atoms. The minimum Gasteiger partial charge on any atom is -0.383 e. The van der Waals surface area contributed by atoms with Gasteiger partial charge in [0.15, 0.2) is 5.65 Å². The van der Waals surface area contributed by atoms with Crippen molar-refractivity contribution in [1.82, 2.24) is 19.9 Å². The monoisotopic (exact) mass is 381 g/mol. The Bertz CT molecular complexity index is 980. The lowest BCUT2D eigenvalue weighted by molar-refractivity contribution is 0.0936. The fourth-order valence-corrected chi connectivity index (χ4v) is 3.25. The maximum atomic E-state index is 12.5. The topological polar surface area (TPSA) is 80.5 Å². The maximum absolute atomic E-state index is 12.5. The molecule has 0 atom stereocenters. The Kier molecular flexibility index (Phi) is 6.26. The molecule has 0 aliphatic carbocycles. The van der Waals surface area contributed by atoms with Crippen molar-refractivity contribution in [3.8, 4) is 0 Å². The lowest BCUT2D eigenvalue weighted by Crippen LogP contribution is -2.27. The number of pyridine rings is 1. The first kappa shape index (κ1) is 19.8. The zero-order valence-corrected chi connectivity index (χ0v) is 16.9. The molecule has 0 spiro atoms. The summed E-state index contributed by atoms with van der Waals surface area (Å²) in [6, 6.07) is 8.19. The molecule has 0 unspecified atom stereocenters. The molecule has 0 aliphatic heterocycles. The smallest absolute Gasteiger partial charge is 0.253 e. The summed E-state index contributed by atoms with van der Waals surface area (Å²) < 4.78 is 6.65. The van der Waals surface area contributed by atoms with E-state index in [1.165, 1.54) is 16.7 Å². The number of aryl methyl sites for hydroxylation is 3. The van der Waals surface area contributed by atoms with Gasteiger partial charge in [0.1, 0.15) is 5.82 Å². The number of hydrogen-bond acceptors (Lipinski definition) is 5. The average molecular weight is 381 g/mol. The van der Waals surface area contributed by atoms with Gasteiger partial charge in [-0.1, -0.05) is 25.1 Å². The maximum Gasteiger partial charge on any atom is 0.253 e. The van der Waals surface area contributed by atoms with Crippen molar-refractivity contribution in [1.29, 1.82) is 0 Å². The van der Waals surface area contributed by atoms with Gasteiger partial charge in [0.25, 0.3) is 5.91 Å². The molecule has 0 aliphatic rings. The highest BCUT2D eigenvalue weighted by Gasteiger charge is 2.14. The summed E-state index contributed by atoms with van der Waals surface area (Å²) in [6.45, 7) is 7.69. The molecule has 1 aromatic carbocycles. The predicted octanol–water partition coefficient (Wildman–Crippen LogP) is 2.90. The standard InChI is InChI=1S/C21H27N5O2/c1-5-16-8-6-7-14(2)18(16)12-23-19-11-17(21(27)22-9-10-28-4)13-26-20(19)24-15(3)25-26/h6-8,11,13,23H,5,9-10,12H2,1-4H3,(H,22,27). The SMILES string of the molecule is CCc1cccc(C)c1CNc1cc(C(=O)NCCOC)cn2nc(C)nc12. The molecule has 0 saturated heterocycles. The van der Waals surface area contributed by atoms with Crippen LogP contribution in [0.1, 0.15) is 39.8 Å². The largest absolute Gasteiger partial charge is 0.383 e.